The van der Waals surface area contributed by atoms with Crippen LogP contribution in [0.25, 0.3) is 0 Å². The monoisotopic (exact) mass is 340 g/mol. The number of carbonyl (C=O) groups is 1. The molecule has 0 bridgehead atoms. The van der Waals surface area contributed by atoms with Crippen LogP contribution in [0.3, 0.4) is 0 Å². The molecular weight excluding hydrogens is 312 g/mol. The second kappa shape index (κ2) is 9.06. The molecule has 1 aromatic carbocycles. The van der Waals surface area contributed by atoms with Gasteiger partial charge in [-0.05, 0) is 57.5 Å². The van der Waals surface area contributed by atoms with Crippen molar-refractivity contribution in [1.29, 1.82) is 0 Å². The Morgan fingerprint density at radius 3 is 2.36 bits per heavy atom. The zero-order chi connectivity index (χ0) is 18.2. The molecule has 25 heavy (non-hydrogen) atoms. The van der Waals surface area contributed by atoms with E-state index in [9.17, 15) is 4.79 Å². The molecule has 0 fully saturated rings. The zero-order valence-corrected chi connectivity index (χ0v) is 15.5. The molecule has 0 saturated heterocycles. The van der Waals surface area contributed by atoms with Gasteiger partial charge in [0.25, 0.3) is 5.91 Å². The Balaban J connectivity index is 2.05. The van der Waals surface area contributed by atoms with Gasteiger partial charge in [0, 0.05) is 42.9 Å². The summed E-state index contributed by atoms with van der Waals surface area (Å²) < 4.78 is 0. The van der Waals surface area contributed by atoms with Crippen molar-refractivity contribution < 1.29 is 4.79 Å². The Morgan fingerprint density at radius 1 is 1.08 bits per heavy atom. The van der Waals surface area contributed by atoms with Crippen LogP contribution in [0.15, 0.2) is 42.7 Å². The van der Waals surface area contributed by atoms with E-state index in [-0.39, 0.29) is 5.91 Å². The second-order valence-electron chi connectivity index (χ2n) is 6.09. The molecule has 0 aliphatic heterocycles. The molecule has 134 valence electrons. The number of nitrogens with zero attached hydrogens (tertiary/aromatic N) is 2. The van der Waals surface area contributed by atoms with E-state index >= 15 is 0 Å². The largest absolute Gasteiger partial charge is 0.381 e. The van der Waals surface area contributed by atoms with Crippen molar-refractivity contribution in [2.24, 2.45) is 0 Å². The minimum atomic E-state index is -0.157. The van der Waals surface area contributed by atoms with Gasteiger partial charge in [0.1, 0.15) is 0 Å². The molecule has 2 N–H and O–H groups in total. The summed E-state index contributed by atoms with van der Waals surface area (Å²) >= 11 is 0. The number of anilines is 3. The van der Waals surface area contributed by atoms with Gasteiger partial charge in [-0.25, -0.2) is 0 Å². The number of aromatic nitrogens is 1. The third kappa shape index (κ3) is 5.21. The standard InChI is InChI=1S/C20H28N4O/c1-5-15(4)22-18-12-16(13-21-14-18)20(25)23-17-8-10-19(11-9-17)24(6-2)7-3/h8-15,22H,5-7H2,1-4H3,(H,23,25). The van der Waals surface area contributed by atoms with Crippen LogP contribution < -0.4 is 15.5 Å². The number of amides is 1. The molecule has 5 heteroatoms. The van der Waals surface area contributed by atoms with Gasteiger partial charge in [-0.2, -0.15) is 0 Å². The minimum absolute atomic E-state index is 0.157. The number of hydrogen-bond acceptors (Lipinski definition) is 4. The highest BCUT2D eigenvalue weighted by molar-refractivity contribution is 6.04. The molecular formula is C20H28N4O. The van der Waals surface area contributed by atoms with E-state index in [2.05, 4.69) is 48.2 Å². The Hall–Kier alpha value is -2.56. The van der Waals surface area contributed by atoms with Crippen molar-refractivity contribution in [1.82, 2.24) is 4.98 Å². The fourth-order valence-electron chi connectivity index (χ4n) is 2.58. The molecule has 2 aromatic rings. The maximum absolute atomic E-state index is 12.5. The summed E-state index contributed by atoms with van der Waals surface area (Å²) in [6, 6.07) is 10.1. The minimum Gasteiger partial charge on any atom is -0.381 e. The summed E-state index contributed by atoms with van der Waals surface area (Å²) in [5.74, 6) is -0.157. The molecule has 0 saturated carbocycles. The van der Waals surface area contributed by atoms with Crippen molar-refractivity contribution in [3.8, 4) is 0 Å². The Labute approximate surface area is 150 Å². The Kier molecular flexibility index (Phi) is 6.81. The van der Waals surface area contributed by atoms with E-state index < -0.39 is 0 Å². The van der Waals surface area contributed by atoms with Crippen LogP contribution in [-0.4, -0.2) is 30.0 Å². The predicted octanol–water partition coefficient (Wildman–Crippen LogP) is 4.39. The Morgan fingerprint density at radius 2 is 1.76 bits per heavy atom. The topological polar surface area (TPSA) is 57.3 Å². The molecule has 0 radical (unpaired) electrons. The third-order valence-corrected chi connectivity index (χ3v) is 4.28. The van der Waals surface area contributed by atoms with Gasteiger partial charge in [0.15, 0.2) is 0 Å². The van der Waals surface area contributed by atoms with Gasteiger partial charge in [0.2, 0.25) is 0 Å². The van der Waals surface area contributed by atoms with Crippen LogP contribution >= 0.6 is 0 Å². The Bertz CT molecular complexity index is 680. The van der Waals surface area contributed by atoms with E-state index in [0.717, 1.165) is 36.6 Å². The van der Waals surface area contributed by atoms with Gasteiger partial charge >= 0.3 is 0 Å². The molecule has 1 aromatic heterocycles. The summed E-state index contributed by atoms with van der Waals surface area (Å²) in [4.78, 5) is 18.9. The number of benzene rings is 1. The summed E-state index contributed by atoms with van der Waals surface area (Å²) in [7, 11) is 0. The van der Waals surface area contributed by atoms with Gasteiger partial charge < -0.3 is 15.5 Å². The lowest BCUT2D eigenvalue weighted by Crippen LogP contribution is -2.21. The van der Waals surface area contributed by atoms with Gasteiger partial charge in [-0.15, -0.1) is 0 Å². The fourth-order valence-corrected chi connectivity index (χ4v) is 2.58. The normalized spacial score (nSPS) is 11.7. The van der Waals surface area contributed by atoms with E-state index in [1.54, 1.807) is 12.4 Å². The highest BCUT2D eigenvalue weighted by Crippen LogP contribution is 2.19. The smallest absolute Gasteiger partial charge is 0.257 e. The van der Waals surface area contributed by atoms with Crippen LogP contribution in [0.5, 0.6) is 0 Å². The van der Waals surface area contributed by atoms with Crippen molar-refractivity contribution in [3.05, 3.63) is 48.3 Å². The molecule has 1 amide bonds. The number of pyridine rings is 1. The van der Waals surface area contributed by atoms with Crippen LogP contribution in [0.4, 0.5) is 17.1 Å². The maximum atomic E-state index is 12.5. The van der Waals surface area contributed by atoms with Crippen molar-refractivity contribution in [2.45, 2.75) is 40.2 Å². The molecule has 2 rings (SSSR count). The highest BCUT2D eigenvalue weighted by atomic mass is 16.1. The van der Waals surface area contributed by atoms with Gasteiger partial charge in [-0.3, -0.25) is 9.78 Å². The fraction of sp³-hybridized carbons (Fsp3) is 0.400. The average Bonchev–Trinajstić information content (AvgIpc) is 2.64. The first-order chi connectivity index (χ1) is 12.1. The van der Waals surface area contributed by atoms with Crippen LogP contribution in [-0.2, 0) is 0 Å². The van der Waals surface area contributed by atoms with E-state index in [1.165, 1.54) is 0 Å². The molecule has 1 atom stereocenters. The van der Waals surface area contributed by atoms with Crippen molar-refractivity contribution in [3.63, 3.8) is 0 Å². The molecule has 0 aliphatic rings. The average molecular weight is 340 g/mol. The maximum Gasteiger partial charge on any atom is 0.257 e. The van der Waals surface area contributed by atoms with Crippen LogP contribution in [0.2, 0.25) is 0 Å². The lowest BCUT2D eigenvalue weighted by Gasteiger charge is -2.21. The first-order valence-electron chi connectivity index (χ1n) is 8.95. The highest BCUT2D eigenvalue weighted by Gasteiger charge is 2.09. The first kappa shape index (κ1) is 18.8. The lowest BCUT2D eigenvalue weighted by atomic mass is 10.2. The second-order valence-corrected chi connectivity index (χ2v) is 6.09. The zero-order valence-electron chi connectivity index (χ0n) is 15.5. The molecule has 0 spiro atoms. The number of rotatable bonds is 8. The quantitative estimate of drug-likeness (QED) is 0.748. The van der Waals surface area contributed by atoms with Gasteiger partial charge in [0.05, 0.1) is 11.3 Å². The third-order valence-electron chi connectivity index (χ3n) is 4.28. The van der Waals surface area contributed by atoms with Gasteiger partial charge in [-0.1, -0.05) is 6.92 Å². The number of hydrogen-bond donors (Lipinski definition) is 2. The molecule has 1 unspecified atom stereocenters. The molecule has 1 heterocycles. The first-order valence-corrected chi connectivity index (χ1v) is 8.95. The molecule has 0 aliphatic carbocycles. The van der Waals surface area contributed by atoms with E-state index in [0.29, 0.717) is 11.6 Å². The summed E-state index contributed by atoms with van der Waals surface area (Å²) in [5, 5.41) is 6.27. The SMILES string of the molecule is CCC(C)Nc1cncc(C(=O)Nc2ccc(N(CC)CC)cc2)c1. The van der Waals surface area contributed by atoms with Crippen molar-refractivity contribution >= 4 is 23.0 Å². The van der Waals surface area contributed by atoms with Crippen LogP contribution in [0, 0.1) is 0 Å². The summed E-state index contributed by atoms with van der Waals surface area (Å²) in [5.41, 5.74) is 3.34. The predicted molar refractivity (Wildman–Crippen MR) is 106 cm³/mol. The van der Waals surface area contributed by atoms with Crippen LogP contribution in [0.1, 0.15) is 44.5 Å². The van der Waals surface area contributed by atoms with E-state index in [1.807, 2.05) is 30.3 Å². The summed E-state index contributed by atoms with van der Waals surface area (Å²) in [6.45, 7) is 10.4. The molecule has 5 nitrogen and oxygen atoms in total. The van der Waals surface area contributed by atoms with E-state index in [4.69, 9.17) is 0 Å². The number of carbonyl (C=O) groups excluding carboxylic acids is 1. The number of nitrogens with one attached hydrogen (secondary N) is 2. The lowest BCUT2D eigenvalue weighted by molar-refractivity contribution is 0.102. The summed E-state index contributed by atoms with van der Waals surface area (Å²) in [6.07, 6.45) is 4.33. The van der Waals surface area contributed by atoms with Crippen molar-refractivity contribution in [2.75, 3.05) is 28.6 Å².